The Labute approximate surface area is 188 Å². The fraction of sp³-hybridized carbons (Fsp3) is 0.148. The van der Waals surface area contributed by atoms with Gasteiger partial charge in [-0.3, -0.25) is 9.89 Å². The molecule has 1 heterocycles. The van der Waals surface area contributed by atoms with Crippen molar-refractivity contribution in [3.63, 3.8) is 0 Å². The quantitative estimate of drug-likeness (QED) is 0.275. The number of nitrogens with zero attached hydrogens (tertiary/aromatic N) is 1. The van der Waals surface area contributed by atoms with Crippen molar-refractivity contribution in [2.45, 2.75) is 19.8 Å². The molecular formula is C27H26N4O. The third-order valence-corrected chi connectivity index (χ3v) is 5.00. The highest BCUT2D eigenvalue weighted by atomic mass is 16.1. The summed E-state index contributed by atoms with van der Waals surface area (Å²) in [5.74, 6) is 6.14. The van der Waals surface area contributed by atoms with Gasteiger partial charge in [-0.1, -0.05) is 48.8 Å². The summed E-state index contributed by atoms with van der Waals surface area (Å²) in [6.07, 6.45) is 6.50. The molecule has 5 heteroatoms. The molecule has 1 amide bonds. The van der Waals surface area contributed by atoms with E-state index < -0.39 is 0 Å². The maximum absolute atomic E-state index is 12.6. The van der Waals surface area contributed by atoms with Crippen LogP contribution in [0.3, 0.4) is 0 Å². The lowest BCUT2D eigenvalue weighted by Gasteiger charge is -2.09. The average Bonchev–Trinajstić information content (AvgIpc) is 3.33. The predicted molar refractivity (Wildman–Crippen MR) is 131 cm³/mol. The molecule has 0 aliphatic rings. The van der Waals surface area contributed by atoms with Crippen molar-refractivity contribution in [1.82, 2.24) is 15.5 Å². The first-order chi connectivity index (χ1) is 15.5. The molecule has 1 aromatic heterocycles. The van der Waals surface area contributed by atoms with Gasteiger partial charge in [0.2, 0.25) is 0 Å². The summed E-state index contributed by atoms with van der Waals surface area (Å²) in [5, 5.41) is 17.2. The number of aromatic amines is 1. The number of aromatic nitrogens is 2. The van der Waals surface area contributed by atoms with Crippen molar-refractivity contribution in [3.8, 4) is 11.8 Å². The van der Waals surface area contributed by atoms with E-state index in [-0.39, 0.29) is 5.91 Å². The second kappa shape index (κ2) is 10.7. The first-order valence-corrected chi connectivity index (χ1v) is 10.4. The van der Waals surface area contributed by atoms with Gasteiger partial charge in [0.05, 0.1) is 6.20 Å². The molecule has 160 valence electrons. The molecule has 0 aliphatic carbocycles. The molecule has 5 nitrogen and oxygen atoms in total. The lowest BCUT2D eigenvalue weighted by molar-refractivity contribution is 0.0953. The Morgan fingerprint density at radius 1 is 1.16 bits per heavy atom. The molecule has 0 saturated heterocycles. The normalized spacial score (nSPS) is 10.0. The third-order valence-electron chi connectivity index (χ3n) is 5.00. The summed E-state index contributed by atoms with van der Waals surface area (Å²) in [6, 6.07) is 13.1. The minimum Gasteiger partial charge on any atom is -0.352 e. The van der Waals surface area contributed by atoms with Crippen LogP contribution in [0, 0.1) is 17.3 Å². The number of H-pyrrole nitrogens is 1. The standard InChI is InChI=1S/C27H26N4O/c1-19(2)23-9-6-21(7-10-23)8-11-24-15-25(12-13-26(24)20(3)16-28)27(32)29-14-4-5-22-17-30-31-18-22/h6-7,9-10,12-13,15-18,28H,1,3-5,14H2,2H3,(H,29,32)(H,30,31). The minimum absolute atomic E-state index is 0.155. The summed E-state index contributed by atoms with van der Waals surface area (Å²) >= 11 is 0. The highest BCUT2D eigenvalue weighted by Crippen LogP contribution is 2.18. The molecule has 3 rings (SSSR count). The van der Waals surface area contributed by atoms with Gasteiger partial charge in [-0.2, -0.15) is 5.10 Å². The maximum atomic E-state index is 12.6. The predicted octanol–water partition coefficient (Wildman–Crippen LogP) is 4.87. The monoisotopic (exact) mass is 422 g/mol. The van der Waals surface area contributed by atoms with Crippen LogP contribution in [0.5, 0.6) is 0 Å². The SMILES string of the molecule is C=C(C)c1ccc(C#Cc2cc(C(=O)NCCCc3cn[nH]c3)ccc2C(=C)C=N)cc1. The summed E-state index contributed by atoms with van der Waals surface area (Å²) in [4.78, 5) is 12.6. The van der Waals surface area contributed by atoms with Gasteiger partial charge in [-0.05, 0) is 66.3 Å². The Bertz CT molecular complexity index is 1190. The summed E-state index contributed by atoms with van der Waals surface area (Å²) < 4.78 is 0. The maximum Gasteiger partial charge on any atom is 0.251 e. The number of hydrogen-bond donors (Lipinski definition) is 3. The zero-order chi connectivity index (χ0) is 22.9. The van der Waals surface area contributed by atoms with Gasteiger partial charge >= 0.3 is 0 Å². The summed E-state index contributed by atoms with van der Waals surface area (Å²) in [7, 11) is 0. The third kappa shape index (κ3) is 5.93. The number of nitrogens with one attached hydrogen (secondary N) is 3. The minimum atomic E-state index is -0.155. The second-order valence-corrected chi connectivity index (χ2v) is 7.50. The van der Waals surface area contributed by atoms with Crippen LogP contribution in [0.2, 0.25) is 0 Å². The van der Waals surface area contributed by atoms with Crippen molar-refractivity contribution in [1.29, 1.82) is 5.41 Å². The van der Waals surface area contributed by atoms with Crippen LogP contribution >= 0.6 is 0 Å². The molecule has 0 radical (unpaired) electrons. The van der Waals surface area contributed by atoms with E-state index in [0.717, 1.165) is 40.7 Å². The zero-order valence-electron chi connectivity index (χ0n) is 18.2. The van der Waals surface area contributed by atoms with Gasteiger partial charge in [-0.25, -0.2) is 0 Å². The molecule has 0 spiro atoms. The highest BCUT2D eigenvalue weighted by molar-refractivity contribution is 6.08. The Hall–Kier alpha value is -4.17. The van der Waals surface area contributed by atoms with Crippen molar-refractivity contribution in [2.75, 3.05) is 6.54 Å². The van der Waals surface area contributed by atoms with E-state index in [2.05, 4.69) is 40.5 Å². The largest absolute Gasteiger partial charge is 0.352 e. The van der Waals surface area contributed by atoms with E-state index in [0.29, 0.717) is 23.2 Å². The first-order valence-electron chi connectivity index (χ1n) is 10.4. The van der Waals surface area contributed by atoms with E-state index in [4.69, 9.17) is 5.41 Å². The average molecular weight is 423 g/mol. The summed E-state index contributed by atoms with van der Waals surface area (Å²) in [6.45, 7) is 10.4. The highest BCUT2D eigenvalue weighted by Gasteiger charge is 2.10. The molecule has 0 unspecified atom stereocenters. The Balaban J connectivity index is 1.76. The number of hydrogen-bond acceptors (Lipinski definition) is 3. The molecule has 32 heavy (non-hydrogen) atoms. The van der Waals surface area contributed by atoms with Crippen LogP contribution in [0.4, 0.5) is 0 Å². The van der Waals surface area contributed by atoms with Crippen LogP contribution < -0.4 is 5.32 Å². The Morgan fingerprint density at radius 2 is 1.91 bits per heavy atom. The zero-order valence-corrected chi connectivity index (χ0v) is 18.2. The molecule has 0 fully saturated rings. The van der Waals surface area contributed by atoms with Crippen molar-refractivity contribution >= 4 is 23.3 Å². The van der Waals surface area contributed by atoms with E-state index in [1.54, 1.807) is 24.4 Å². The Kier molecular flexibility index (Phi) is 7.55. The van der Waals surface area contributed by atoms with Crippen molar-refractivity contribution in [3.05, 3.63) is 101 Å². The lowest BCUT2D eigenvalue weighted by Crippen LogP contribution is -2.24. The van der Waals surface area contributed by atoms with E-state index >= 15 is 0 Å². The number of carbonyl (C=O) groups is 1. The second-order valence-electron chi connectivity index (χ2n) is 7.50. The molecular weight excluding hydrogens is 396 g/mol. The van der Waals surface area contributed by atoms with E-state index in [1.165, 1.54) is 6.21 Å². The lowest BCUT2D eigenvalue weighted by atomic mass is 9.98. The number of aryl methyl sites for hydroxylation is 1. The molecule has 2 aromatic carbocycles. The topological polar surface area (TPSA) is 81.6 Å². The first kappa shape index (κ1) is 22.5. The smallest absolute Gasteiger partial charge is 0.251 e. The van der Waals surface area contributed by atoms with E-state index in [9.17, 15) is 4.79 Å². The molecule has 3 N–H and O–H groups in total. The Morgan fingerprint density at radius 3 is 2.56 bits per heavy atom. The summed E-state index contributed by atoms with van der Waals surface area (Å²) in [5.41, 5.74) is 6.50. The van der Waals surface area contributed by atoms with Gasteiger partial charge in [-0.15, -0.1) is 0 Å². The number of allylic oxidation sites excluding steroid dienone is 2. The number of carbonyl (C=O) groups excluding carboxylic acids is 1. The van der Waals surface area contributed by atoms with Gasteiger partial charge in [0.1, 0.15) is 0 Å². The van der Waals surface area contributed by atoms with Crippen molar-refractivity contribution in [2.24, 2.45) is 0 Å². The molecule has 3 aromatic rings. The van der Waals surface area contributed by atoms with Gasteiger partial charge in [0.25, 0.3) is 5.91 Å². The molecule has 0 bridgehead atoms. The fourth-order valence-electron chi connectivity index (χ4n) is 3.14. The van der Waals surface area contributed by atoms with Crippen molar-refractivity contribution < 1.29 is 4.79 Å². The fourth-order valence-corrected chi connectivity index (χ4v) is 3.14. The van der Waals surface area contributed by atoms with Crippen LogP contribution in [0.25, 0.3) is 11.1 Å². The van der Waals surface area contributed by atoms with Crippen LogP contribution in [0.15, 0.2) is 68.0 Å². The number of rotatable bonds is 8. The van der Waals surface area contributed by atoms with Crippen LogP contribution in [0.1, 0.15) is 51.5 Å². The molecule has 0 aliphatic heterocycles. The molecule has 0 atom stereocenters. The molecule has 0 saturated carbocycles. The number of benzene rings is 2. The van der Waals surface area contributed by atoms with Gasteiger partial charge < -0.3 is 10.7 Å². The van der Waals surface area contributed by atoms with E-state index in [1.807, 2.05) is 37.4 Å². The van der Waals surface area contributed by atoms with Crippen LogP contribution in [-0.2, 0) is 6.42 Å². The van der Waals surface area contributed by atoms with Crippen LogP contribution in [-0.4, -0.2) is 28.9 Å². The van der Waals surface area contributed by atoms with Gasteiger partial charge in [0, 0.05) is 35.6 Å². The number of amides is 1. The van der Waals surface area contributed by atoms with Gasteiger partial charge in [0.15, 0.2) is 0 Å².